The van der Waals surface area contributed by atoms with Crippen molar-refractivity contribution in [1.29, 1.82) is 0 Å². The molecule has 1 aliphatic carbocycles. The molecule has 4 aromatic rings. The van der Waals surface area contributed by atoms with Gasteiger partial charge in [-0.2, -0.15) is 18.0 Å². The van der Waals surface area contributed by atoms with Crippen molar-refractivity contribution in [2.45, 2.75) is 24.7 Å². The number of aromatic nitrogens is 4. The number of benzene rings is 1. The first-order valence-electron chi connectivity index (χ1n) is 10.0. The van der Waals surface area contributed by atoms with Crippen LogP contribution in [-0.2, 0) is 14.5 Å². The van der Waals surface area contributed by atoms with E-state index in [4.69, 9.17) is 5.14 Å². The van der Waals surface area contributed by atoms with Gasteiger partial charge < -0.3 is 20.5 Å². The number of anilines is 1. The van der Waals surface area contributed by atoms with Gasteiger partial charge in [0, 0.05) is 29.1 Å². The Kier molecular flexibility index (Phi) is 5.10. The predicted molar refractivity (Wildman–Crippen MR) is 117 cm³/mol. The molecule has 3 heterocycles. The highest BCUT2D eigenvalue weighted by molar-refractivity contribution is 7.84. The van der Waals surface area contributed by atoms with Gasteiger partial charge in [-0.1, -0.05) is 18.2 Å². The van der Waals surface area contributed by atoms with Gasteiger partial charge in [-0.3, -0.25) is 4.18 Å². The van der Waals surface area contributed by atoms with E-state index in [0.29, 0.717) is 17.2 Å². The predicted octanol–water partition coefficient (Wildman–Crippen LogP) is 0.620. The van der Waals surface area contributed by atoms with Crippen LogP contribution in [0.1, 0.15) is 6.42 Å². The second-order valence-corrected chi connectivity index (χ2v) is 9.13. The summed E-state index contributed by atoms with van der Waals surface area (Å²) in [5.74, 6) is -0.0284. The number of hydrogen-bond acceptors (Lipinski definition) is 8. The quantitative estimate of drug-likeness (QED) is 0.280. The van der Waals surface area contributed by atoms with E-state index in [-0.39, 0.29) is 13.0 Å². The van der Waals surface area contributed by atoms with E-state index in [0.717, 1.165) is 16.6 Å². The molecule has 6 N–H and O–H groups in total. The van der Waals surface area contributed by atoms with Crippen LogP contribution in [0.4, 0.5) is 5.82 Å². The van der Waals surface area contributed by atoms with E-state index in [9.17, 15) is 18.6 Å². The number of nitrogens with zero attached hydrogens (tertiary/aromatic N) is 3. The van der Waals surface area contributed by atoms with Crippen molar-refractivity contribution in [2.24, 2.45) is 11.1 Å². The lowest BCUT2D eigenvalue weighted by molar-refractivity contribution is 0.00777. The average Bonchev–Trinajstić information content (AvgIpc) is 3.44. The Hall–Kier alpha value is -3.03. The SMILES string of the molecule is NS(=O)(=O)OC[C@H]1C[C@@H](Nc2ccnc3cc(-c4cc5ccccc5[nH]4)nn23)[C@H](O)[C@@H]1O. The molecule has 1 aromatic carbocycles. The molecule has 3 aromatic heterocycles. The van der Waals surface area contributed by atoms with Crippen LogP contribution >= 0.6 is 0 Å². The lowest BCUT2D eigenvalue weighted by atomic mass is 10.1. The van der Waals surface area contributed by atoms with Crippen molar-refractivity contribution >= 4 is 32.7 Å². The summed E-state index contributed by atoms with van der Waals surface area (Å²) >= 11 is 0. The van der Waals surface area contributed by atoms with Crippen molar-refractivity contribution in [3.05, 3.63) is 48.7 Å². The second kappa shape index (κ2) is 7.83. The highest BCUT2D eigenvalue weighted by Gasteiger charge is 2.42. The summed E-state index contributed by atoms with van der Waals surface area (Å²) in [4.78, 5) is 7.70. The summed E-state index contributed by atoms with van der Waals surface area (Å²) in [7, 11) is -4.13. The first kappa shape index (κ1) is 20.8. The van der Waals surface area contributed by atoms with Crippen LogP contribution in [-0.4, -0.2) is 63.1 Å². The van der Waals surface area contributed by atoms with E-state index >= 15 is 0 Å². The third-order valence-corrected chi connectivity index (χ3v) is 6.21. The van der Waals surface area contributed by atoms with Crippen molar-refractivity contribution in [1.82, 2.24) is 19.6 Å². The second-order valence-electron chi connectivity index (χ2n) is 7.91. The first-order chi connectivity index (χ1) is 15.3. The maximum atomic E-state index is 11.0. The Bertz CT molecular complexity index is 1350. The molecule has 0 unspecified atom stereocenters. The van der Waals surface area contributed by atoms with Crippen LogP contribution in [0.3, 0.4) is 0 Å². The van der Waals surface area contributed by atoms with Gasteiger partial charge >= 0.3 is 10.3 Å². The Morgan fingerprint density at radius 1 is 1.22 bits per heavy atom. The summed E-state index contributed by atoms with van der Waals surface area (Å²) in [6, 6.07) is 12.9. The molecule has 0 aliphatic heterocycles. The number of nitrogens with two attached hydrogens (primary N) is 1. The van der Waals surface area contributed by atoms with Crippen LogP contribution in [0, 0.1) is 5.92 Å². The highest BCUT2D eigenvalue weighted by Crippen LogP contribution is 2.30. The average molecular weight is 459 g/mol. The minimum absolute atomic E-state index is 0.276. The topological polar surface area (TPSA) is 168 Å². The highest BCUT2D eigenvalue weighted by atomic mass is 32.2. The molecule has 0 bridgehead atoms. The summed E-state index contributed by atoms with van der Waals surface area (Å²) < 4.78 is 28.3. The van der Waals surface area contributed by atoms with Gasteiger partial charge in [0.2, 0.25) is 0 Å². The molecule has 0 spiro atoms. The third kappa shape index (κ3) is 3.94. The molecule has 1 fully saturated rings. The number of aliphatic hydroxyl groups excluding tert-OH is 2. The first-order valence-corrected chi connectivity index (χ1v) is 11.5. The van der Waals surface area contributed by atoms with Crippen molar-refractivity contribution in [2.75, 3.05) is 11.9 Å². The minimum atomic E-state index is -4.13. The number of H-pyrrole nitrogens is 1. The van der Waals surface area contributed by atoms with Gasteiger partial charge in [0.15, 0.2) is 5.65 Å². The Balaban J connectivity index is 1.40. The number of aromatic amines is 1. The molecule has 5 rings (SSSR count). The zero-order chi connectivity index (χ0) is 22.5. The molecule has 0 saturated heterocycles. The number of para-hydroxylation sites is 1. The van der Waals surface area contributed by atoms with E-state index in [1.54, 1.807) is 16.8 Å². The lowest BCUT2D eigenvalue weighted by Gasteiger charge is -2.19. The summed E-state index contributed by atoms with van der Waals surface area (Å²) in [6.45, 7) is -0.312. The molecule has 1 aliphatic rings. The molecule has 0 radical (unpaired) electrons. The summed E-state index contributed by atoms with van der Waals surface area (Å²) in [5, 5.41) is 34.5. The van der Waals surface area contributed by atoms with Crippen molar-refractivity contribution in [3.8, 4) is 11.4 Å². The Morgan fingerprint density at radius 3 is 2.81 bits per heavy atom. The van der Waals surface area contributed by atoms with Crippen molar-refractivity contribution < 1.29 is 22.8 Å². The monoisotopic (exact) mass is 458 g/mol. The van der Waals surface area contributed by atoms with Gasteiger partial charge in [0.25, 0.3) is 0 Å². The number of rotatable bonds is 6. The van der Waals surface area contributed by atoms with Crippen LogP contribution in [0.15, 0.2) is 48.7 Å². The van der Waals surface area contributed by atoms with Gasteiger partial charge in [-0.05, 0) is 24.6 Å². The van der Waals surface area contributed by atoms with E-state index < -0.39 is 34.5 Å². The number of nitrogens with one attached hydrogen (secondary N) is 2. The summed E-state index contributed by atoms with van der Waals surface area (Å²) in [5.41, 5.74) is 3.15. The Labute approximate surface area is 183 Å². The molecular weight excluding hydrogens is 436 g/mol. The maximum absolute atomic E-state index is 11.0. The van der Waals surface area contributed by atoms with Crippen LogP contribution in [0.25, 0.3) is 27.9 Å². The standard InChI is InChI=1S/C20H22N6O5S/c21-32(29,30)31-10-12-8-16(20(28)19(12)27)24-17-5-6-22-18-9-15(25-26(17)18)14-7-11-3-1-2-4-13(11)23-14/h1-7,9,12,16,19-20,23-24,27-28H,8,10H2,(H2,21,29,30)/t12-,16-,19-,20+/m1/s1. The molecule has 0 amide bonds. The molecule has 1 saturated carbocycles. The van der Waals surface area contributed by atoms with Gasteiger partial charge in [-0.15, -0.1) is 0 Å². The zero-order valence-corrected chi connectivity index (χ0v) is 17.6. The fraction of sp³-hybridized carbons (Fsp3) is 0.300. The van der Waals surface area contributed by atoms with E-state index in [1.807, 2.05) is 36.4 Å². The fourth-order valence-corrected chi connectivity index (χ4v) is 4.52. The van der Waals surface area contributed by atoms with Gasteiger partial charge in [0.05, 0.1) is 24.4 Å². The lowest BCUT2D eigenvalue weighted by Crippen LogP contribution is -2.36. The fourth-order valence-electron chi connectivity index (χ4n) is 4.15. The molecule has 32 heavy (non-hydrogen) atoms. The largest absolute Gasteiger partial charge is 0.390 e. The normalized spacial score (nSPS) is 23.8. The van der Waals surface area contributed by atoms with Gasteiger partial charge in [-0.25, -0.2) is 10.1 Å². The van der Waals surface area contributed by atoms with Gasteiger partial charge in [0.1, 0.15) is 17.6 Å². The van der Waals surface area contributed by atoms with Crippen molar-refractivity contribution in [3.63, 3.8) is 0 Å². The van der Waals surface area contributed by atoms with E-state index in [2.05, 4.69) is 24.6 Å². The maximum Gasteiger partial charge on any atom is 0.333 e. The Morgan fingerprint density at radius 2 is 2.03 bits per heavy atom. The molecule has 4 atom stereocenters. The number of aliphatic hydroxyl groups is 2. The number of fused-ring (bicyclic) bond motifs is 2. The van der Waals surface area contributed by atoms with E-state index in [1.165, 1.54) is 0 Å². The minimum Gasteiger partial charge on any atom is -0.390 e. The molecule has 12 heteroatoms. The molecule has 11 nitrogen and oxygen atoms in total. The van der Waals surface area contributed by atoms with Crippen LogP contribution in [0.5, 0.6) is 0 Å². The molecule has 168 valence electrons. The molecular formula is C20H22N6O5S. The zero-order valence-electron chi connectivity index (χ0n) is 16.8. The van der Waals surface area contributed by atoms with Crippen LogP contribution < -0.4 is 10.5 Å². The number of hydrogen-bond donors (Lipinski definition) is 5. The van der Waals surface area contributed by atoms with Crippen LogP contribution in [0.2, 0.25) is 0 Å². The summed E-state index contributed by atoms with van der Waals surface area (Å²) in [6.07, 6.45) is -0.395. The third-order valence-electron chi connectivity index (χ3n) is 5.75. The smallest absolute Gasteiger partial charge is 0.333 e.